The maximum Gasteiger partial charge on any atom is 0.253 e. The molecule has 0 unspecified atom stereocenters. The number of halogens is 1. The Balaban J connectivity index is 0.00000208. The zero-order chi connectivity index (χ0) is 15.9. The number of nitrogens with one attached hydrogen (secondary N) is 1. The zero-order valence-electron chi connectivity index (χ0n) is 14.3. The lowest BCUT2D eigenvalue weighted by Crippen LogP contribution is -2.34. The minimum atomic E-state index is 0. The summed E-state index contributed by atoms with van der Waals surface area (Å²) >= 11 is 0. The third-order valence-corrected chi connectivity index (χ3v) is 4.94. The van der Waals surface area contributed by atoms with E-state index >= 15 is 0 Å². The minimum absolute atomic E-state index is 0. The molecule has 1 aromatic rings. The average molecular weight is 353 g/mol. The summed E-state index contributed by atoms with van der Waals surface area (Å²) in [5.41, 5.74) is 0.761. The molecule has 1 amide bonds. The molecule has 4 nitrogen and oxygen atoms in total. The summed E-state index contributed by atoms with van der Waals surface area (Å²) in [7, 11) is 0. The standard InChI is InChI=1S/C19H28N2O2.ClH/c22-19(21-13-4-11-20-12-14-21)17-7-9-18(10-8-17)23-15-16-5-2-1-3-6-16;/h7-10,16,20H,1-6,11-15H2;1H. The second kappa shape index (κ2) is 9.90. The summed E-state index contributed by atoms with van der Waals surface area (Å²) in [6, 6.07) is 7.67. The Morgan fingerprint density at radius 2 is 1.79 bits per heavy atom. The molecule has 0 radical (unpaired) electrons. The first kappa shape index (κ1) is 19.1. The first-order valence-electron chi connectivity index (χ1n) is 9.06. The van der Waals surface area contributed by atoms with Crippen molar-refractivity contribution in [3.8, 4) is 5.75 Å². The number of amides is 1. The van der Waals surface area contributed by atoms with Gasteiger partial charge in [0.25, 0.3) is 5.91 Å². The third kappa shape index (κ3) is 5.38. The van der Waals surface area contributed by atoms with Crippen LogP contribution in [0.1, 0.15) is 48.9 Å². The Hall–Kier alpha value is -1.26. The Labute approximate surface area is 151 Å². The molecule has 134 valence electrons. The van der Waals surface area contributed by atoms with Gasteiger partial charge in [0.05, 0.1) is 6.61 Å². The molecule has 24 heavy (non-hydrogen) atoms. The molecule has 0 bridgehead atoms. The van der Waals surface area contributed by atoms with Gasteiger partial charge in [0, 0.05) is 25.2 Å². The largest absolute Gasteiger partial charge is 0.493 e. The summed E-state index contributed by atoms with van der Waals surface area (Å²) in [4.78, 5) is 14.5. The Morgan fingerprint density at radius 3 is 2.54 bits per heavy atom. The summed E-state index contributed by atoms with van der Waals surface area (Å²) in [6.07, 6.45) is 7.66. The second-order valence-electron chi connectivity index (χ2n) is 6.74. The van der Waals surface area contributed by atoms with Crippen LogP contribution in [0, 0.1) is 5.92 Å². The van der Waals surface area contributed by atoms with Gasteiger partial charge in [0.15, 0.2) is 0 Å². The number of hydrogen-bond acceptors (Lipinski definition) is 3. The minimum Gasteiger partial charge on any atom is -0.493 e. The molecule has 0 aromatic heterocycles. The average Bonchev–Trinajstić information content (AvgIpc) is 2.90. The van der Waals surface area contributed by atoms with E-state index in [2.05, 4.69) is 5.32 Å². The SMILES string of the molecule is Cl.O=C(c1ccc(OCC2CCCCC2)cc1)N1CCCNCC1. The van der Waals surface area contributed by atoms with Gasteiger partial charge in [-0.15, -0.1) is 12.4 Å². The summed E-state index contributed by atoms with van der Waals surface area (Å²) < 4.78 is 5.91. The molecule has 1 heterocycles. The van der Waals surface area contributed by atoms with E-state index in [0.717, 1.165) is 50.5 Å². The van der Waals surface area contributed by atoms with Crippen molar-refractivity contribution in [3.05, 3.63) is 29.8 Å². The molecule has 1 aromatic carbocycles. The molecule has 5 heteroatoms. The van der Waals surface area contributed by atoms with Crippen LogP contribution < -0.4 is 10.1 Å². The van der Waals surface area contributed by atoms with Gasteiger partial charge in [-0.1, -0.05) is 19.3 Å². The zero-order valence-corrected chi connectivity index (χ0v) is 15.2. The van der Waals surface area contributed by atoms with Crippen molar-refractivity contribution in [2.45, 2.75) is 38.5 Å². The number of benzene rings is 1. The fourth-order valence-electron chi connectivity index (χ4n) is 3.49. The van der Waals surface area contributed by atoms with Crippen LogP contribution >= 0.6 is 12.4 Å². The van der Waals surface area contributed by atoms with Gasteiger partial charge < -0.3 is 15.0 Å². The number of rotatable bonds is 4. The van der Waals surface area contributed by atoms with Crippen LogP contribution in [-0.4, -0.2) is 43.6 Å². The molecule has 1 aliphatic heterocycles. The van der Waals surface area contributed by atoms with Gasteiger partial charge in [0.1, 0.15) is 5.75 Å². The van der Waals surface area contributed by atoms with E-state index < -0.39 is 0 Å². The molecule has 1 saturated heterocycles. The van der Waals surface area contributed by atoms with Crippen molar-refractivity contribution in [2.24, 2.45) is 5.92 Å². The summed E-state index contributed by atoms with van der Waals surface area (Å²) in [5, 5.41) is 3.33. The van der Waals surface area contributed by atoms with Crippen molar-refractivity contribution in [2.75, 3.05) is 32.8 Å². The predicted octanol–water partition coefficient (Wildman–Crippen LogP) is 3.50. The second-order valence-corrected chi connectivity index (χ2v) is 6.74. The lowest BCUT2D eigenvalue weighted by Gasteiger charge is -2.22. The maximum atomic E-state index is 12.5. The van der Waals surface area contributed by atoms with Crippen molar-refractivity contribution in [3.63, 3.8) is 0 Å². The Bertz CT molecular complexity index is 493. The van der Waals surface area contributed by atoms with Crippen LogP contribution in [0.2, 0.25) is 0 Å². The van der Waals surface area contributed by atoms with Crippen LogP contribution in [0.5, 0.6) is 5.75 Å². The van der Waals surface area contributed by atoms with Gasteiger partial charge in [0.2, 0.25) is 0 Å². The van der Waals surface area contributed by atoms with Crippen molar-refractivity contribution < 1.29 is 9.53 Å². The molecule has 1 N–H and O–H groups in total. The molecular formula is C19H29ClN2O2. The lowest BCUT2D eigenvalue weighted by molar-refractivity contribution is 0.0766. The van der Waals surface area contributed by atoms with Crippen LogP contribution in [0.4, 0.5) is 0 Å². The summed E-state index contributed by atoms with van der Waals surface area (Å²) in [6.45, 7) is 4.32. The number of nitrogens with zero attached hydrogens (tertiary/aromatic N) is 1. The first-order valence-corrected chi connectivity index (χ1v) is 9.06. The van der Waals surface area contributed by atoms with E-state index in [1.807, 2.05) is 29.2 Å². The van der Waals surface area contributed by atoms with Gasteiger partial charge in [-0.05, 0) is 56.0 Å². The van der Waals surface area contributed by atoms with Crippen LogP contribution in [0.3, 0.4) is 0 Å². The van der Waals surface area contributed by atoms with Crippen LogP contribution in [0.25, 0.3) is 0 Å². The highest BCUT2D eigenvalue weighted by atomic mass is 35.5. The van der Waals surface area contributed by atoms with E-state index in [0.29, 0.717) is 5.92 Å². The van der Waals surface area contributed by atoms with E-state index in [9.17, 15) is 4.79 Å². The van der Waals surface area contributed by atoms with Crippen LogP contribution in [0.15, 0.2) is 24.3 Å². The fourth-order valence-corrected chi connectivity index (χ4v) is 3.49. The monoisotopic (exact) mass is 352 g/mol. The molecule has 1 saturated carbocycles. The topological polar surface area (TPSA) is 41.6 Å². The summed E-state index contributed by atoms with van der Waals surface area (Å²) in [5.74, 6) is 1.71. The molecule has 2 aliphatic rings. The molecule has 0 spiro atoms. The number of carbonyl (C=O) groups excluding carboxylic acids is 1. The predicted molar refractivity (Wildman–Crippen MR) is 99.2 cm³/mol. The molecule has 1 aliphatic carbocycles. The van der Waals surface area contributed by atoms with Crippen molar-refractivity contribution in [1.29, 1.82) is 0 Å². The van der Waals surface area contributed by atoms with E-state index in [1.54, 1.807) is 0 Å². The van der Waals surface area contributed by atoms with Gasteiger partial charge in [-0.2, -0.15) is 0 Å². The third-order valence-electron chi connectivity index (χ3n) is 4.94. The molecule has 2 fully saturated rings. The molecule has 0 atom stereocenters. The number of ether oxygens (including phenoxy) is 1. The smallest absolute Gasteiger partial charge is 0.253 e. The Morgan fingerprint density at radius 1 is 1.04 bits per heavy atom. The van der Waals surface area contributed by atoms with Crippen molar-refractivity contribution >= 4 is 18.3 Å². The van der Waals surface area contributed by atoms with E-state index in [4.69, 9.17) is 4.74 Å². The fraction of sp³-hybridized carbons (Fsp3) is 0.632. The number of carbonyl (C=O) groups is 1. The highest BCUT2D eigenvalue weighted by molar-refractivity contribution is 5.94. The quantitative estimate of drug-likeness (QED) is 0.901. The molecular weight excluding hydrogens is 324 g/mol. The van der Waals surface area contributed by atoms with Gasteiger partial charge in [-0.3, -0.25) is 4.79 Å². The number of hydrogen-bond donors (Lipinski definition) is 1. The van der Waals surface area contributed by atoms with Gasteiger partial charge >= 0.3 is 0 Å². The Kier molecular flexibility index (Phi) is 7.86. The van der Waals surface area contributed by atoms with Crippen LogP contribution in [-0.2, 0) is 0 Å². The highest BCUT2D eigenvalue weighted by Gasteiger charge is 2.17. The molecule has 3 rings (SSSR count). The first-order chi connectivity index (χ1) is 11.3. The normalized spacial score (nSPS) is 19.2. The van der Waals surface area contributed by atoms with Crippen molar-refractivity contribution in [1.82, 2.24) is 10.2 Å². The van der Waals surface area contributed by atoms with E-state index in [1.165, 1.54) is 32.1 Å². The highest BCUT2D eigenvalue weighted by Crippen LogP contribution is 2.24. The van der Waals surface area contributed by atoms with E-state index in [-0.39, 0.29) is 18.3 Å². The lowest BCUT2D eigenvalue weighted by atomic mass is 9.90. The maximum absolute atomic E-state index is 12.5. The van der Waals surface area contributed by atoms with Gasteiger partial charge in [-0.25, -0.2) is 0 Å².